The van der Waals surface area contributed by atoms with Crippen LogP contribution in [0, 0.1) is 0 Å². The molecule has 0 aliphatic heterocycles. The van der Waals surface area contributed by atoms with Gasteiger partial charge in [-0.25, -0.2) is 4.79 Å². The number of allylic oxidation sites excluding steroid dienone is 3. The minimum Gasteiger partial charge on any atom is -0.478 e. The first kappa shape index (κ1) is 12.7. The highest BCUT2D eigenvalue weighted by molar-refractivity contribution is 5.80. The first-order valence-corrected chi connectivity index (χ1v) is 4.93. The first-order valence-electron chi connectivity index (χ1n) is 4.93. The summed E-state index contributed by atoms with van der Waals surface area (Å²) in [7, 11) is 3.15. The van der Waals surface area contributed by atoms with Gasteiger partial charge >= 0.3 is 5.97 Å². The SMILES string of the molecule is COC1(OC)CC(C=CC(=O)O)=CC=C1C. The molecule has 1 aliphatic carbocycles. The summed E-state index contributed by atoms with van der Waals surface area (Å²) in [5.74, 6) is -1.74. The zero-order valence-corrected chi connectivity index (χ0v) is 9.69. The molecule has 4 heteroatoms. The van der Waals surface area contributed by atoms with Crippen LogP contribution in [0.1, 0.15) is 13.3 Å². The minimum absolute atomic E-state index is 0.506. The topological polar surface area (TPSA) is 55.8 Å². The molecule has 0 saturated carbocycles. The van der Waals surface area contributed by atoms with Crippen molar-refractivity contribution in [2.45, 2.75) is 19.1 Å². The van der Waals surface area contributed by atoms with Gasteiger partial charge in [0.1, 0.15) is 0 Å². The maximum atomic E-state index is 10.4. The number of ether oxygens (including phenoxy) is 2. The molecule has 16 heavy (non-hydrogen) atoms. The van der Waals surface area contributed by atoms with Gasteiger partial charge in [0.15, 0.2) is 5.79 Å². The van der Waals surface area contributed by atoms with E-state index in [-0.39, 0.29) is 0 Å². The van der Waals surface area contributed by atoms with Crippen LogP contribution in [0.15, 0.2) is 35.5 Å². The summed E-state index contributed by atoms with van der Waals surface area (Å²) in [6.45, 7) is 1.92. The van der Waals surface area contributed by atoms with Crippen molar-refractivity contribution >= 4 is 5.97 Å². The highest BCUT2D eigenvalue weighted by Gasteiger charge is 2.34. The standard InChI is InChI=1S/C12H16O4/c1-9-4-5-10(6-7-11(13)14)8-12(9,15-2)16-3/h4-7H,8H2,1-3H3,(H,13,14). The summed E-state index contributed by atoms with van der Waals surface area (Å²) < 4.78 is 10.7. The summed E-state index contributed by atoms with van der Waals surface area (Å²) in [5, 5.41) is 8.55. The molecular formula is C12H16O4. The van der Waals surface area contributed by atoms with Crippen LogP contribution in [0.4, 0.5) is 0 Å². The molecule has 0 unspecified atom stereocenters. The first-order chi connectivity index (χ1) is 7.54. The molecule has 4 nitrogen and oxygen atoms in total. The fourth-order valence-corrected chi connectivity index (χ4v) is 1.67. The molecule has 1 N–H and O–H groups in total. The maximum Gasteiger partial charge on any atom is 0.328 e. The molecule has 0 saturated heterocycles. The molecule has 0 fully saturated rings. The average molecular weight is 224 g/mol. The van der Waals surface area contributed by atoms with E-state index in [9.17, 15) is 4.79 Å². The van der Waals surface area contributed by atoms with Crippen LogP contribution in [-0.2, 0) is 14.3 Å². The Kier molecular flexibility index (Phi) is 4.04. The van der Waals surface area contributed by atoms with Crippen LogP contribution in [0.3, 0.4) is 0 Å². The Hall–Kier alpha value is -1.39. The summed E-state index contributed by atoms with van der Waals surface area (Å²) in [5.41, 5.74) is 1.82. The van der Waals surface area contributed by atoms with Gasteiger partial charge in [-0.3, -0.25) is 0 Å². The lowest BCUT2D eigenvalue weighted by molar-refractivity contribution is -0.177. The molecule has 0 spiro atoms. The highest BCUT2D eigenvalue weighted by atomic mass is 16.7. The smallest absolute Gasteiger partial charge is 0.328 e. The van der Waals surface area contributed by atoms with Crippen molar-refractivity contribution in [1.82, 2.24) is 0 Å². The second-order valence-corrected chi connectivity index (χ2v) is 3.60. The van der Waals surface area contributed by atoms with Crippen molar-refractivity contribution in [3.63, 3.8) is 0 Å². The van der Waals surface area contributed by atoms with Crippen molar-refractivity contribution in [2.24, 2.45) is 0 Å². The van der Waals surface area contributed by atoms with E-state index in [0.717, 1.165) is 17.2 Å². The van der Waals surface area contributed by atoms with Crippen LogP contribution < -0.4 is 0 Å². The lowest BCUT2D eigenvalue weighted by Gasteiger charge is -2.34. The fourth-order valence-electron chi connectivity index (χ4n) is 1.67. The lowest BCUT2D eigenvalue weighted by Crippen LogP contribution is -2.36. The van der Waals surface area contributed by atoms with Gasteiger partial charge < -0.3 is 14.6 Å². The molecule has 0 radical (unpaired) electrons. The number of carboxylic acids is 1. The van der Waals surface area contributed by atoms with Crippen molar-refractivity contribution in [2.75, 3.05) is 14.2 Å². The van der Waals surface area contributed by atoms with E-state index in [1.165, 1.54) is 0 Å². The Labute approximate surface area is 94.9 Å². The van der Waals surface area contributed by atoms with E-state index < -0.39 is 11.8 Å². The Balaban J connectivity index is 2.91. The molecule has 0 aromatic carbocycles. The van der Waals surface area contributed by atoms with Gasteiger partial charge in [-0.2, -0.15) is 0 Å². The Morgan fingerprint density at radius 2 is 2.06 bits per heavy atom. The number of carboxylic acid groups (broad SMARTS) is 1. The second kappa shape index (κ2) is 5.09. The maximum absolute atomic E-state index is 10.4. The van der Waals surface area contributed by atoms with Gasteiger partial charge in [-0.15, -0.1) is 0 Å². The monoisotopic (exact) mass is 224 g/mol. The minimum atomic E-state index is -0.965. The van der Waals surface area contributed by atoms with Crippen LogP contribution in [0.2, 0.25) is 0 Å². The molecule has 0 heterocycles. The Morgan fingerprint density at radius 3 is 2.56 bits per heavy atom. The summed E-state index contributed by atoms with van der Waals surface area (Å²) >= 11 is 0. The van der Waals surface area contributed by atoms with E-state index in [2.05, 4.69) is 0 Å². The lowest BCUT2D eigenvalue weighted by atomic mass is 9.92. The zero-order chi connectivity index (χ0) is 12.2. The second-order valence-electron chi connectivity index (χ2n) is 3.60. The number of rotatable bonds is 4. The summed E-state index contributed by atoms with van der Waals surface area (Å²) in [6, 6.07) is 0. The number of methoxy groups -OCH3 is 2. The predicted octanol–water partition coefficient (Wildman–Crippen LogP) is 1.89. The summed E-state index contributed by atoms with van der Waals surface area (Å²) in [4.78, 5) is 10.4. The molecule has 1 rings (SSSR count). The largest absolute Gasteiger partial charge is 0.478 e. The normalized spacial score (nSPS) is 19.4. The molecular weight excluding hydrogens is 208 g/mol. The molecule has 0 bridgehead atoms. The van der Waals surface area contributed by atoms with E-state index >= 15 is 0 Å². The fraction of sp³-hybridized carbons (Fsp3) is 0.417. The van der Waals surface area contributed by atoms with Gasteiger partial charge in [0.25, 0.3) is 0 Å². The quantitative estimate of drug-likeness (QED) is 0.585. The van der Waals surface area contributed by atoms with E-state index in [4.69, 9.17) is 14.6 Å². The summed E-state index contributed by atoms with van der Waals surface area (Å²) in [6.07, 6.45) is 6.91. The average Bonchev–Trinajstić information content (AvgIpc) is 2.28. The Bertz CT molecular complexity index is 359. The van der Waals surface area contributed by atoms with E-state index in [1.54, 1.807) is 20.3 Å². The molecule has 0 atom stereocenters. The molecule has 0 aromatic rings. The van der Waals surface area contributed by atoms with Crippen LogP contribution in [-0.4, -0.2) is 31.1 Å². The third-order valence-electron chi connectivity index (χ3n) is 2.68. The highest BCUT2D eigenvalue weighted by Crippen LogP contribution is 2.33. The van der Waals surface area contributed by atoms with Crippen LogP contribution in [0.25, 0.3) is 0 Å². The number of hydrogen-bond donors (Lipinski definition) is 1. The van der Waals surface area contributed by atoms with Gasteiger partial charge in [-0.1, -0.05) is 18.2 Å². The van der Waals surface area contributed by atoms with Gasteiger partial charge in [-0.05, 0) is 18.1 Å². The van der Waals surface area contributed by atoms with E-state index in [1.807, 2.05) is 19.1 Å². The third kappa shape index (κ3) is 2.59. The molecule has 0 aromatic heterocycles. The molecule has 88 valence electrons. The van der Waals surface area contributed by atoms with Gasteiger partial charge in [0, 0.05) is 26.7 Å². The van der Waals surface area contributed by atoms with Crippen molar-refractivity contribution < 1.29 is 19.4 Å². The Morgan fingerprint density at radius 1 is 1.44 bits per heavy atom. The molecule has 1 aliphatic rings. The van der Waals surface area contributed by atoms with Crippen molar-refractivity contribution in [3.8, 4) is 0 Å². The van der Waals surface area contributed by atoms with Crippen molar-refractivity contribution in [3.05, 3.63) is 35.5 Å². The van der Waals surface area contributed by atoms with E-state index in [0.29, 0.717) is 6.42 Å². The number of carbonyl (C=O) groups is 1. The third-order valence-corrected chi connectivity index (χ3v) is 2.68. The van der Waals surface area contributed by atoms with Crippen LogP contribution >= 0.6 is 0 Å². The number of hydrogen-bond acceptors (Lipinski definition) is 3. The predicted molar refractivity (Wildman–Crippen MR) is 60.0 cm³/mol. The van der Waals surface area contributed by atoms with Crippen molar-refractivity contribution in [1.29, 1.82) is 0 Å². The van der Waals surface area contributed by atoms with Gasteiger partial charge in [0.2, 0.25) is 0 Å². The van der Waals surface area contributed by atoms with Gasteiger partial charge in [0.05, 0.1) is 0 Å². The van der Waals surface area contributed by atoms with Crippen LogP contribution in [0.5, 0.6) is 0 Å². The molecule has 0 amide bonds. The number of aliphatic carboxylic acids is 1. The zero-order valence-electron chi connectivity index (χ0n) is 9.69.